The van der Waals surface area contributed by atoms with Gasteiger partial charge in [-0.3, -0.25) is 0 Å². The van der Waals surface area contributed by atoms with E-state index < -0.39 is 10.2 Å². The molecule has 5 unspecified atom stereocenters. The van der Waals surface area contributed by atoms with E-state index in [2.05, 4.69) is 23.5 Å². The summed E-state index contributed by atoms with van der Waals surface area (Å²) in [6.07, 6.45) is 13.6. The Morgan fingerprint density at radius 1 is 0.941 bits per heavy atom. The molecule has 34 heavy (non-hydrogen) atoms. The second kappa shape index (κ2) is 21.1. The van der Waals surface area contributed by atoms with Crippen LogP contribution in [0.3, 0.4) is 0 Å². The van der Waals surface area contributed by atoms with Crippen LogP contribution in [0.15, 0.2) is 23.9 Å². The van der Waals surface area contributed by atoms with Crippen molar-refractivity contribution < 1.29 is 79.0 Å². The van der Waals surface area contributed by atoms with Gasteiger partial charge in [-0.1, -0.05) is 50.7 Å². The third kappa shape index (κ3) is 20.2. The third-order valence-corrected chi connectivity index (χ3v) is 4.87. The van der Waals surface area contributed by atoms with E-state index in [0.29, 0.717) is 24.5 Å². The Balaban J connectivity index is 0. The fourth-order valence-corrected chi connectivity index (χ4v) is 3.69. The van der Waals surface area contributed by atoms with Gasteiger partial charge in [0.2, 0.25) is 0 Å². The Bertz CT molecular complexity index is 590. The zero-order valence-corrected chi connectivity index (χ0v) is 21.5. The zero-order chi connectivity index (χ0) is 25.2. The van der Waals surface area contributed by atoms with Crippen molar-refractivity contribution in [1.29, 1.82) is 0 Å². The smallest absolute Gasteiger partial charge is 0.686 e. The van der Waals surface area contributed by atoms with Gasteiger partial charge in [0.15, 0.2) is 0 Å². The van der Waals surface area contributed by atoms with Crippen LogP contribution in [0.5, 0.6) is 0 Å². The Hall–Kier alpha value is -1.22. The van der Waals surface area contributed by atoms with Gasteiger partial charge in [0.05, 0.1) is 12.2 Å². The minimum absolute atomic E-state index is 0. The van der Waals surface area contributed by atoms with Crippen molar-refractivity contribution in [1.82, 2.24) is 0 Å². The van der Waals surface area contributed by atoms with Gasteiger partial charge in [-0.05, 0) is 20.3 Å². The molecule has 2 fully saturated rings. The Morgan fingerprint density at radius 3 is 1.91 bits per heavy atom. The molecule has 3 rings (SSSR count). The molecule has 0 saturated carbocycles. The Kier molecular flexibility index (Phi) is 21.7. The molecule has 6 N–H and O–H groups in total. The normalized spacial score (nSPS) is 24.8. The molecule has 13 nitrogen and oxygen atoms in total. The molecular formula is C20H38HoN5O8+2. The summed E-state index contributed by atoms with van der Waals surface area (Å²) in [5, 5.41) is 56.6. The van der Waals surface area contributed by atoms with E-state index in [9.17, 15) is 0 Å². The molecule has 3 aliphatic rings. The SMILES string of the molecule is C1=CC[N-]C(C2CCCC(C3CCCC[N-]3)[N-]2)=C1.CC(O)CC(C)O.O=[N+](O)O.O=[N+](O)O.[Ho+3]. The molecule has 3 aliphatic heterocycles. The van der Waals surface area contributed by atoms with Gasteiger partial charge in [0.25, 0.3) is 0 Å². The summed E-state index contributed by atoms with van der Waals surface area (Å²) in [6.45, 7) is 5.20. The number of hydrogen-bond donors (Lipinski definition) is 6. The van der Waals surface area contributed by atoms with Gasteiger partial charge >= 0.3 is 47.9 Å². The van der Waals surface area contributed by atoms with E-state index in [1.165, 1.54) is 44.2 Å². The van der Waals surface area contributed by atoms with E-state index in [-0.39, 0.29) is 49.9 Å². The number of aliphatic hydroxyl groups is 2. The Morgan fingerprint density at radius 2 is 1.50 bits per heavy atom. The number of aliphatic hydroxyl groups excluding tert-OH is 2. The first kappa shape index (κ1) is 34.9. The van der Waals surface area contributed by atoms with Crippen LogP contribution < -0.4 is 0 Å². The van der Waals surface area contributed by atoms with E-state index in [4.69, 9.17) is 51.5 Å². The first-order chi connectivity index (χ1) is 15.5. The molecule has 0 aromatic heterocycles. The summed E-state index contributed by atoms with van der Waals surface area (Å²) < 4.78 is 0. The van der Waals surface area contributed by atoms with Crippen molar-refractivity contribution in [3.63, 3.8) is 0 Å². The first-order valence-corrected chi connectivity index (χ1v) is 11.0. The summed E-state index contributed by atoms with van der Waals surface area (Å²) in [6, 6.07) is 1.30. The molecule has 2 saturated heterocycles. The average Bonchev–Trinajstić information content (AvgIpc) is 2.74. The average molecular weight is 641 g/mol. The van der Waals surface area contributed by atoms with Crippen LogP contribution in [0, 0.1) is 47.6 Å². The monoisotopic (exact) mass is 641 g/mol. The fraction of sp³-hybridized carbons (Fsp3) is 0.800. The zero-order valence-electron chi connectivity index (χ0n) is 19.5. The van der Waals surface area contributed by atoms with Crippen LogP contribution in [0.2, 0.25) is 0 Å². The van der Waals surface area contributed by atoms with Crippen LogP contribution >= 0.6 is 0 Å². The predicted octanol–water partition coefficient (Wildman–Crippen LogP) is 3.26. The van der Waals surface area contributed by atoms with E-state index >= 15 is 0 Å². The second-order valence-electron chi connectivity index (χ2n) is 7.93. The standard InChI is InChI=1S/C15H22N3.C5H12O2.Ho.2H2NO3/c1-3-10-16-12(6-1)14-8-5-9-15(18-14)13-7-2-4-11-17-13;1-4(6)3-5(2)7;;2*2-1(3)4/h1,3,6,13-15H,2,4-5,7-11H2;4-7H,3H2,1-2H3;;2*(H2,2,3,4)/q-3;;+3;2*+1. The molecule has 14 heteroatoms. The molecule has 0 amide bonds. The predicted molar refractivity (Wildman–Crippen MR) is 118 cm³/mol. The molecule has 0 bridgehead atoms. The van der Waals surface area contributed by atoms with Gasteiger partial charge < -0.3 is 26.2 Å². The molecule has 5 atom stereocenters. The second-order valence-corrected chi connectivity index (χ2v) is 7.93. The summed E-state index contributed by atoms with van der Waals surface area (Å²) in [5.41, 5.74) is 1.19. The molecular weight excluding hydrogens is 603 g/mol. The van der Waals surface area contributed by atoms with Gasteiger partial charge in [-0.15, -0.1) is 25.2 Å². The molecule has 0 aliphatic carbocycles. The molecule has 0 radical (unpaired) electrons. The van der Waals surface area contributed by atoms with Gasteiger partial charge in [0.1, 0.15) is 9.81 Å². The largest absolute Gasteiger partial charge is 3.00 e. The number of hydrogen-bond acceptors (Lipinski definition) is 4. The molecule has 0 aromatic carbocycles. The topological polar surface area (TPSA) is 204 Å². The minimum Gasteiger partial charge on any atom is -0.686 e. The van der Waals surface area contributed by atoms with Crippen LogP contribution in [0.4, 0.5) is 0 Å². The number of piperidine rings is 2. The van der Waals surface area contributed by atoms with E-state index in [0.717, 1.165) is 13.1 Å². The van der Waals surface area contributed by atoms with Crippen LogP contribution in [-0.2, 0) is 0 Å². The number of allylic oxidation sites excluding steroid dienone is 2. The minimum atomic E-state index is -1.25. The fourth-order valence-electron chi connectivity index (χ4n) is 3.69. The van der Waals surface area contributed by atoms with Gasteiger partial charge in [-0.25, -0.2) is 20.8 Å². The molecule has 0 spiro atoms. The molecule has 200 valence electrons. The van der Waals surface area contributed by atoms with E-state index in [1.54, 1.807) is 13.8 Å². The third-order valence-electron chi connectivity index (χ3n) is 4.87. The summed E-state index contributed by atoms with van der Waals surface area (Å²) >= 11 is 0. The maximum Gasteiger partial charge on any atom is 3.00 e. The van der Waals surface area contributed by atoms with Crippen molar-refractivity contribution in [3.8, 4) is 0 Å². The van der Waals surface area contributed by atoms with Crippen molar-refractivity contribution >= 4 is 0 Å². The first-order valence-electron chi connectivity index (χ1n) is 11.0. The van der Waals surface area contributed by atoms with Gasteiger partial charge in [0, 0.05) is 0 Å². The molecule has 3 heterocycles. The Labute approximate surface area is 229 Å². The van der Waals surface area contributed by atoms with Gasteiger partial charge in [-0.2, -0.15) is 17.8 Å². The van der Waals surface area contributed by atoms with E-state index in [1.807, 2.05) is 0 Å². The number of rotatable bonds is 4. The number of nitrogens with zero attached hydrogens (tertiary/aromatic N) is 5. The van der Waals surface area contributed by atoms with Crippen molar-refractivity contribution in [2.75, 3.05) is 13.1 Å². The van der Waals surface area contributed by atoms with Crippen molar-refractivity contribution in [2.24, 2.45) is 0 Å². The van der Waals surface area contributed by atoms with Crippen molar-refractivity contribution in [2.45, 2.75) is 89.1 Å². The van der Waals surface area contributed by atoms with Crippen LogP contribution in [0.25, 0.3) is 16.0 Å². The summed E-state index contributed by atoms with van der Waals surface area (Å²) in [5.74, 6) is 0. The molecule has 0 aromatic rings. The summed E-state index contributed by atoms with van der Waals surface area (Å²) in [7, 11) is 0. The maximum atomic E-state index is 8.56. The summed E-state index contributed by atoms with van der Waals surface area (Å²) in [4.78, 5) is 16.9. The maximum absolute atomic E-state index is 8.56. The quantitative estimate of drug-likeness (QED) is 0.198. The van der Waals surface area contributed by atoms with Crippen LogP contribution in [-0.4, -0.2) is 84.6 Å². The van der Waals surface area contributed by atoms with Crippen LogP contribution in [0.1, 0.15) is 58.8 Å². The van der Waals surface area contributed by atoms with Crippen molar-refractivity contribution in [3.05, 3.63) is 49.7 Å².